The number of amidine groups is 1. The van der Waals surface area contributed by atoms with E-state index in [-0.39, 0.29) is 5.56 Å². The number of non-ortho nitro benzene ring substituents is 1. The number of ether oxygens (including phenoxy) is 1. The van der Waals surface area contributed by atoms with Gasteiger partial charge in [0, 0.05) is 24.1 Å². The van der Waals surface area contributed by atoms with Crippen LogP contribution in [0.2, 0.25) is 0 Å². The van der Waals surface area contributed by atoms with E-state index in [1.165, 1.54) is 6.92 Å². The molecule has 0 amide bonds. The first-order valence-electron chi connectivity index (χ1n) is 6.43. The Morgan fingerprint density at radius 3 is 2.52 bits per heavy atom. The number of nitrogens with zero attached hydrogens (tertiary/aromatic N) is 2. The van der Waals surface area contributed by atoms with Crippen molar-refractivity contribution >= 4 is 11.7 Å². The Kier molecular flexibility index (Phi) is 3.74. The van der Waals surface area contributed by atoms with E-state index in [9.17, 15) is 27.7 Å². The molecule has 0 fully saturated rings. The number of rotatable bonds is 2. The van der Waals surface area contributed by atoms with Crippen molar-refractivity contribution in [3.63, 3.8) is 0 Å². The highest BCUT2D eigenvalue weighted by molar-refractivity contribution is 5.73. The Hall–Kier alpha value is -2.39. The number of alkyl halides is 3. The number of hydrogen-bond acceptors (Lipinski definition) is 5. The number of nitro benzene ring substituents is 1. The first-order chi connectivity index (χ1) is 10.4. The van der Waals surface area contributed by atoms with E-state index in [1.807, 2.05) is 0 Å². The van der Waals surface area contributed by atoms with Crippen LogP contribution >= 0.6 is 0 Å². The summed E-state index contributed by atoms with van der Waals surface area (Å²) in [5.74, 6) is -0.916. The highest BCUT2D eigenvalue weighted by atomic mass is 19.4. The van der Waals surface area contributed by atoms with Gasteiger partial charge >= 0.3 is 6.18 Å². The standard InChI is InChI=1S/C13H13F4N3O3/c1-11(8-5-7(20(21)22)3-4-9(8)14)6-12(2,13(15,16)17)23-10(18)19-11/h3-5H,6H2,1-2H3,(H2,18,19)/t11-,12-/m0/s1. The van der Waals surface area contributed by atoms with Crippen LogP contribution in [-0.2, 0) is 10.3 Å². The molecule has 10 heteroatoms. The van der Waals surface area contributed by atoms with E-state index >= 15 is 0 Å². The van der Waals surface area contributed by atoms with Crippen molar-refractivity contribution in [1.82, 2.24) is 0 Å². The minimum Gasteiger partial charge on any atom is -0.449 e. The zero-order valence-electron chi connectivity index (χ0n) is 12.1. The van der Waals surface area contributed by atoms with E-state index in [1.54, 1.807) is 0 Å². The SMILES string of the molecule is C[C@@]1(c2cc([N+](=O)[O-])ccc2F)C[C@@](C)(C(F)(F)F)OC(N)=N1. The van der Waals surface area contributed by atoms with Crippen molar-refractivity contribution in [3.05, 3.63) is 39.7 Å². The van der Waals surface area contributed by atoms with Gasteiger partial charge in [-0.05, 0) is 19.9 Å². The van der Waals surface area contributed by atoms with E-state index in [0.717, 1.165) is 25.1 Å². The molecule has 1 heterocycles. The molecule has 2 atom stereocenters. The fourth-order valence-electron chi connectivity index (χ4n) is 2.58. The normalized spacial score (nSPS) is 28.0. The van der Waals surface area contributed by atoms with Gasteiger partial charge in [0.25, 0.3) is 11.7 Å². The molecule has 1 aromatic carbocycles. The molecule has 0 bridgehead atoms. The summed E-state index contributed by atoms with van der Waals surface area (Å²) in [6.45, 7) is 1.98. The highest BCUT2D eigenvalue weighted by Crippen LogP contribution is 2.47. The van der Waals surface area contributed by atoms with E-state index in [0.29, 0.717) is 0 Å². The third-order valence-corrected chi connectivity index (χ3v) is 3.71. The largest absolute Gasteiger partial charge is 0.449 e. The lowest BCUT2D eigenvalue weighted by atomic mass is 9.80. The van der Waals surface area contributed by atoms with Gasteiger partial charge < -0.3 is 10.5 Å². The molecule has 1 aliphatic heterocycles. The van der Waals surface area contributed by atoms with Crippen LogP contribution in [0, 0.1) is 15.9 Å². The first kappa shape index (κ1) is 17.0. The van der Waals surface area contributed by atoms with Crippen LogP contribution in [0.25, 0.3) is 0 Å². The van der Waals surface area contributed by atoms with E-state index in [2.05, 4.69) is 9.73 Å². The fourth-order valence-corrected chi connectivity index (χ4v) is 2.58. The molecule has 0 radical (unpaired) electrons. The molecule has 0 aliphatic carbocycles. The Morgan fingerprint density at radius 1 is 1.39 bits per heavy atom. The molecule has 0 saturated carbocycles. The average Bonchev–Trinajstić information content (AvgIpc) is 2.35. The Morgan fingerprint density at radius 2 is 2.00 bits per heavy atom. The third kappa shape index (κ3) is 2.92. The summed E-state index contributed by atoms with van der Waals surface area (Å²) in [7, 11) is 0. The molecule has 126 valence electrons. The monoisotopic (exact) mass is 335 g/mol. The summed E-state index contributed by atoms with van der Waals surface area (Å²) in [6.07, 6.45) is -5.56. The van der Waals surface area contributed by atoms with Gasteiger partial charge in [0.15, 0.2) is 0 Å². The fraction of sp³-hybridized carbons (Fsp3) is 0.462. The van der Waals surface area contributed by atoms with Crippen molar-refractivity contribution in [1.29, 1.82) is 0 Å². The maximum Gasteiger partial charge on any atom is 0.428 e. The zero-order valence-corrected chi connectivity index (χ0v) is 12.1. The lowest BCUT2D eigenvalue weighted by Gasteiger charge is -2.42. The number of nitro groups is 1. The predicted molar refractivity (Wildman–Crippen MR) is 72.2 cm³/mol. The molecular formula is C13H13F4N3O3. The number of aliphatic imine (C=N–C) groups is 1. The van der Waals surface area contributed by atoms with Crippen molar-refractivity contribution < 1.29 is 27.2 Å². The summed E-state index contributed by atoms with van der Waals surface area (Å²) in [5, 5.41) is 10.8. The van der Waals surface area contributed by atoms with Crippen LogP contribution in [0.4, 0.5) is 23.2 Å². The molecule has 6 nitrogen and oxygen atoms in total. The molecule has 0 saturated heterocycles. The molecule has 2 rings (SSSR count). The van der Waals surface area contributed by atoms with Gasteiger partial charge in [0.05, 0.1) is 10.5 Å². The van der Waals surface area contributed by atoms with Gasteiger partial charge in [-0.25, -0.2) is 9.38 Å². The van der Waals surface area contributed by atoms with Crippen LogP contribution in [0.1, 0.15) is 25.8 Å². The Labute approximate surface area is 128 Å². The molecular weight excluding hydrogens is 322 g/mol. The topological polar surface area (TPSA) is 90.8 Å². The molecule has 0 unspecified atom stereocenters. The zero-order chi connectivity index (χ0) is 17.6. The average molecular weight is 335 g/mol. The van der Waals surface area contributed by atoms with Crippen molar-refractivity contribution in [2.75, 3.05) is 0 Å². The number of nitrogens with two attached hydrogens (primary N) is 1. The predicted octanol–water partition coefficient (Wildman–Crippen LogP) is 3.01. The van der Waals surface area contributed by atoms with E-state index in [4.69, 9.17) is 5.73 Å². The van der Waals surface area contributed by atoms with Gasteiger partial charge in [0.2, 0.25) is 5.60 Å². The van der Waals surface area contributed by atoms with Gasteiger partial charge in [-0.15, -0.1) is 0 Å². The molecule has 23 heavy (non-hydrogen) atoms. The lowest BCUT2D eigenvalue weighted by molar-refractivity contribution is -0.385. The number of hydrogen-bond donors (Lipinski definition) is 1. The summed E-state index contributed by atoms with van der Waals surface area (Å²) in [4.78, 5) is 13.8. The molecule has 1 aliphatic rings. The van der Waals surface area contributed by atoms with Gasteiger partial charge in [-0.2, -0.15) is 13.2 Å². The summed E-state index contributed by atoms with van der Waals surface area (Å²) < 4.78 is 58.4. The maximum absolute atomic E-state index is 14.1. The Balaban J connectivity index is 2.59. The second-order valence-electron chi connectivity index (χ2n) is 5.65. The van der Waals surface area contributed by atoms with E-state index < -0.39 is 46.2 Å². The summed E-state index contributed by atoms with van der Waals surface area (Å²) >= 11 is 0. The highest BCUT2D eigenvalue weighted by Gasteiger charge is 2.59. The molecule has 1 aromatic rings. The minimum absolute atomic E-state index is 0.353. The summed E-state index contributed by atoms with van der Waals surface area (Å²) in [6, 6.07) is 1.82. The van der Waals surface area contributed by atoms with Crippen LogP contribution in [-0.4, -0.2) is 22.7 Å². The minimum atomic E-state index is -4.79. The van der Waals surface area contributed by atoms with Gasteiger partial charge in [0.1, 0.15) is 5.82 Å². The first-order valence-corrected chi connectivity index (χ1v) is 6.43. The van der Waals surface area contributed by atoms with Crippen LogP contribution in [0.15, 0.2) is 23.2 Å². The molecule has 0 spiro atoms. The third-order valence-electron chi connectivity index (χ3n) is 3.71. The number of halogens is 4. The molecule has 2 N–H and O–H groups in total. The summed E-state index contributed by atoms with van der Waals surface area (Å²) in [5.41, 5.74) is 0.0735. The lowest BCUT2D eigenvalue weighted by Crippen LogP contribution is -2.55. The van der Waals surface area contributed by atoms with Crippen molar-refractivity contribution in [2.24, 2.45) is 10.7 Å². The van der Waals surface area contributed by atoms with Crippen molar-refractivity contribution in [3.8, 4) is 0 Å². The van der Waals surface area contributed by atoms with Crippen molar-refractivity contribution in [2.45, 2.75) is 37.6 Å². The Bertz CT molecular complexity index is 692. The van der Waals surface area contributed by atoms with Crippen LogP contribution < -0.4 is 5.73 Å². The van der Waals surface area contributed by atoms with Crippen LogP contribution in [0.5, 0.6) is 0 Å². The maximum atomic E-state index is 14.1. The number of benzene rings is 1. The van der Waals surface area contributed by atoms with Gasteiger partial charge in [-0.3, -0.25) is 10.1 Å². The second kappa shape index (κ2) is 5.07. The molecule has 0 aromatic heterocycles. The van der Waals surface area contributed by atoms with Crippen LogP contribution in [0.3, 0.4) is 0 Å². The van der Waals surface area contributed by atoms with Gasteiger partial charge in [-0.1, -0.05) is 0 Å². The second-order valence-corrected chi connectivity index (χ2v) is 5.65. The smallest absolute Gasteiger partial charge is 0.428 e. The quantitative estimate of drug-likeness (QED) is 0.511.